The van der Waals surface area contributed by atoms with Crippen LogP contribution in [0.15, 0.2) is 5.38 Å². The smallest absolute Gasteiger partial charge is 0.307 e. The van der Waals surface area contributed by atoms with Gasteiger partial charge in [-0.05, 0) is 19.9 Å². The van der Waals surface area contributed by atoms with Crippen molar-refractivity contribution in [3.8, 4) is 0 Å². The summed E-state index contributed by atoms with van der Waals surface area (Å²) < 4.78 is 0. The summed E-state index contributed by atoms with van der Waals surface area (Å²) in [6.45, 7) is 3.19. The molecule has 18 heavy (non-hydrogen) atoms. The van der Waals surface area contributed by atoms with Gasteiger partial charge in [0.05, 0.1) is 18.2 Å². The second kappa shape index (κ2) is 5.45. The number of aromatic nitrogens is 1. The molecule has 1 aromatic heterocycles. The van der Waals surface area contributed by atoms with E-state index in [2.05, 4.69) is 10.3 Å². The lowest BCUT2D eigenvalue weighted by Crippen LogP contribution is -2.32. The van der Waals surface area contributed by atoms with Crippen LogP contribution in [-0.4, -0.2) is 46.5 Å². The maximum atomic E-state index is 11.7. The number of anilines is 1. The van der Waals surface area contributed by atoms with E-state index in [9.17, 15) is 9.59 Å². The third-order valence-electron chi connectivity index (χ3n) is 2.85. The summed E-state index contributed by atoms with van der Waals surface area (Å²) in [7, 11) is 0. The zero-order chi connectivity index (χ0) is 13.1. The first-order valence-corrected chi connectivity index (χ1v) is 6.59. The topological polar surface area (TPSA) is 82.5 Å². The molecule has 1 saturated heterocycles. The number of nitrogens with zero attached hydrogens (tertiary/aromatic N) is 2. The average Bonchev–Trinajstić information content (AvgIpc) is 2.88. The molecule has 2 heterocycles. The summed E-state index contributed by atoms with van der Waals surface area (Å²) in [5.41, 5.74) is 0.877. The summed E-state index contributed by atoms with van der Waals surface area (Å²) in [6, 6.07) is 0. The van der Waals surface area contributed by atoms with E-state index in [1.165, 1.54) is 11.3 Å². The molecular formula is C11H15N3O3S. The molecule has 7 heteroatoms. The van der Waals surface area contributed by atoms with Crippen molar-refractivity contribution in [2.45, 2.75) is 13.3 Å². The van der Waals surface area contributed by atoms with Gasteiger partial charge in [-0.15, -0.1) is 11.3 Å². The quantitative estimate of drug-likeness (QED) is 0.844. The lowest BCUT2D eigenvalue weighted by Gasteiger charge is -2.13. The number of aliphatic carboxylic acids is 1. The van der Waals surface area contributed by atoms with Gasteiger partial charge in [-0.2, -0.15) is 0 Å². The van der Waals surface area contributed by atoms with Crippen LogP contribution in [0.25, 0.3) is 0 Å². The van der Waals surface area contributed by atoms with Gasteiger partial charge in [0, 0.05) is 11.9 Å². The fraction of sp³-hybridized carbons (Fsp3) is 0.545. The molecule has 0 bridgehead atoms. The predicted molar refractivity (Wildman–Crippen MR) is 67.7 cm³/mol. The van der Waals surface area contributed by atoms with Crippen molar-refractivity contribution in [2.24, 2.45) is 5.92 Å². The molecule has 98 valence electrons. The van der Waals surface area contributed by atoms with Gasteiger partial charge in [0.1, 0.15) is 0 Å². The Bertz CT molecular complexity index is 460. The number of aryl methyl sites for hydroxylation is 1. The molecule has 0 aromatic carbocycles. The van der Waals surface area contributed by atoms with Gasteiger partial charge in [0.25, 0.3) is 0 Å². The summed E-state index contributed by atoms with van der Waals surface area (Å²) in [5, 5.41) is 14.0. The van der Waals surface area contributed by atoms with Crippen molar-refractivity contribution < 1.29 is 14.7 Å². The number of amides is 1. The second-order valence-electron chi connectivity index (χ2n) is 4.40. The second-order valence-corrected chi connectivity index (χ2v) is 5.26. The highest BCUT2D eigenvalue weighted by Crippen LogP contribution is 2.17. The van der Waals surface area contributed by atoms with Crippen molar-refractivity contribution in [3.05, 3.63) is 11.1 Å². The standard InChI is InChI=1S/C11H15N3O3S/c1-7-6-18-11(12-7)13-9(15)5-14-3-2-8(4-14)10(16)17/h6,8H,2-5H2,1H3,(H,16,17)(H,12,13,15). The van der Waals surface area contributed by atoms with E-state index in [-0.39, 0.29) is 18.4 Å². The van der Waals surface area contributed by atoms with Crippen LogP contribution in [0.5, 0.6) is 0 Å². The first-order chi connectivity index (χ1) is 8.54. The van der Waals surface area contributed by atoms with Gasteiger partial charge in [-0.1, -0.05) is 0 Å². The monoisotopic (exact) mass is 269 g/mol. The average molecular weight is 269 g/mol. The van der Waals surface area contributed by atoms with Crippen LogP contribution in [0.4, 0.5) is 5.13 Å². The maximum absolute atomic E-state index is 11.7. The Morgan fingerprint density at radius 3 is 3.00 bits per heavy atom. The Kier molecular flexibility index (Phi) is 3.93. The molecule has 0 aliphatic carbocycles. The molecule has 6 nitrogen and oxygen atoms in total. The van der Waals surface area contributed by atoms with Crippen LogP contribution >= 0.6 is 11.3 Å². The van der Waals surface area contributed by atoms with Crippen LogP contribution in [0.2, 0.25) is 0 Å². The number of nitrogens with one attached hydrogen (secondary N) is 1. The van der Waals surface area contributed by atoms with Gasteiger partial charge in [0.15, 0.2) is 5.13 Å². The number of thiazole rings is 1. The minimum Gasteiger partial charge on any atom is -0.481 e. The number of hydrogen-bond donors (Lipinski definition) is 2. The van der Waals surface area contributed by atoms with Crippen molar-refractivity contribution in [1.29, 1.82) is 0 Å². The van der Waals surface area contributed by atoms with E-state index >= 15 is 0 Å². The Balaban J connectivity index is 1.80. The Labute approximate surface area is 109 Å². The Morgan fingerprint density at radius 2 is 2.44 bits per heavy atom. The molecule has 1 aliphatic heterocycles. The predicted octanol–water partition coefficient (Wildman–Crippen LogP) is 0.797. The summed E-state index contributed by atoms with van der Waals surface area (Å²) >= 11 is 1.39. The van der Waals surface area contributed by atoms with Gasteiger partial charge < -0.3 is 10.4 Å². The van der Waals surface area contributed by atoms with Gasteiger partial charge >= 0.3 is 5.97 Å². The zero-order valence-corrected chi connectivity index (χ0v) is 10.9. The molecule has 1 amide bonds. The van der Waals surface area contributed by atoms with E-state index < -0.39 is 5.97 Å². The number of carbonyl (C=O) groups excluding carboxylic acids is 1. The summed E-state index contributed by atoms with van der Waals surface area (Å²) in [5.74, 6) is -1.27. The Hall–Kier alpha value is -1.47. The molecule has 1 atom stereocenters. The normalized spacial score (nSPS) is 19.9. The first-order valence-electron chi connectivity index (χ1n) is 5.71. The van der Waals surface area contributed by atoms with E-state index in [0.717, 1.165) is 5.69 Å². The molecular weight excluding hydrogens is 254 g/mol. The number of rotatable bonds is 4. The first kappa shape index (κ1) is 13.0. The molecule has 1 aliphatic rings. The number of likely N-dealkylation sites (tertiary alicyclic amines) is 1. The molecule has 0 radical (unpaired) electrons. The third-order valence-corrected chi connectivity index (χ3v) is 3.73. The minimum atomic E-state index is -0.784. The minimum absolute atomic E-state index is 0.143. The van der Waals surface area contributed by atoms with Crippen molar-refractivity contribution in [3.63, 3.8) is 0 Å². The molecule has 1 fully saturated rings. The Morgan fingerprint density at radius 1 is 1.67 bits per heavy atom. The summed E-state index contributed by atoms with van der Waals surface area (Å²) in [4.78, 5) is 28.5. The van der Waals surface area contributed by atoms with E-state index in [1.807, 2.05) is 17.2 Å². The van der Waals surface area contributed by atoms with Crippen LogP contribution in [0.3, 0.4) is 0 Å². The van der Waals surface area contributed by atoms with Crippen LogP contribution in [-0.2, 0) is 9.59 Å². The van der Waals surface area contributed by atoms with E-state index in [0.29, 0.717) is 24.6 Å². The molecule has 0 spiro atoms. The lowest BCUT2D eigenvalue weighted by molar-refractivity contribution is -0.141. The van der Waals surface area contributed by atoms with Gasteiger partial charge in [0.2, 0.25) is 5.91 Å². The maximum Gasteiger partial charge on any atom is 0.307 e. The lowest BCUT2D eigenvalue weighted by atomic mass is 10.1. The van der Waals surface area contributed by atoms with Crippen molar-refractivity contribution in [1.82, 2.24) is 9.88 Å². The fourth-order valence-electron chi connectivity index (χ4n) is 1.95. The largest absolute Gasteiger partial charge is 0.481 e. The van der Waals surface area contributed by atoms with Crippen LogP contribution in [0, 0.1) is 12.8 Å². The van der Waals surface area contributed by atoms with Crippen molar-refractivity contribution >= 4 is 28.3 Å². The van der Waals surface area contributed by atoms with Crippen molar-refractivity contribution in [2.75, 3.05) is 25.0 Å². The molecule has 0 saturated carbocycles. The SMILES string of the molecule is Cc1csc(NC(=O)CN2CCC(C(=O)O)C2)n1. The van der Waals surface area contributed by atoms with Crippen LogP contribution < -0.4 is 5.32 Å². The molecule has 2 N–H and O–H groups in total. The van der Waals surface area contributed by atoms with Gasteiger partial charge in [-0.25, -0.2) is 4.98 Å². The third kappa shape index (κ3) is 3.27. The number of carbonyl (C=O) groups is 2. The summed E-state index contributed by atoms with van der Waals surface area (Å²) in [6.07, 6.45) is 0.610. The number of hydrogen-bond acceptors (Lipinski definition) is 5. The highest BCUT2D eigenvalue weighted by atomic mass is 32.1. The molecule has 1 unspecified atom stereocenters. The van der Waals surface area contributed by atoms with E-state index in [4.69, 9.17) is 5.11 Å². The highest BCUT2D eigenvalue weighted by molar-refractivity contribution is 7.13. The molecule has 2 rings (SSSR count). The molecule has 1 aromatic rings. The van der Waals surface area contributed by atoms with E-state index in [1.54, 1.807) is 0 Å². The van der Waals surface area contributed by atoms with Gasteiger partial charge in [-0.3, -0.25) is 14.5 Å². The highest BCUT2D eigenvalue weighted by Gasteiger charge is 2.28. The fourth-order valence-corrected chi connectivity index (χ4v) is 2.66. The zero-order valence-electron chi connectivity index (χ0n) is 10.0. The number of carboxylic acid groups (broad SMARTS) is 1. The van der Waals surface area contributed by atoms with Crippen LogP contribution in [0.1, 0.15) is 12.1 Å². The number of carboxylic acids is 1.